The van der Waals surface area contributed by atoms with Gasteiger partial charge in [0, 0.05) is 6.42 Å². The quantitative estimate of drug-likeness (QED) is 0.315. The smallest absolute Gasteiger partial charge is 0.303 e. The van der Waals surface area contributed by atoms with E-state index in [9.17, 15) is 4.79 Å². The number of aliphatic carboxylic acids is 1. The zero-order valence-corrected chi connectivity index (χ0v) is 12.6. The summed E-state index contributed by atoms with van der Waals surface area (Å²) in [7, 11) is 0. The van der Waals surface area contributed by atoms with Crippen LogP contribution in [0.3, 0.4) is 0 Å². The largest absolute Gasteiger partial charge is 0.481 e. The summed E-state index contributed by atoms with van der Waals surface area (Å²) in [6.07, 6.45) is 14.4. The molecule has 0 aliphatic rings. The summed E-state index contributed by atoms with van der Waals surface area (Å²) in [6, 6.07) is 0. The van der Waals surface area contributed by atoms with Crippen molar-refractivity contribution in [1.29, 1.82) is 0 Å². The van der Waals surface area contributed by atoms with Gasteiger partial charge >= 0.3 is 5.97 Å². The van der Waals surface area contributed by atoms with Crippen molar-refractivity contribution < 1.29 is 20.2 Å². The van der Waals surface area contributed by atoms with Crippen molar-refractivity contribution >= 4 is 5.97 Å². The third kappa shape index (κ3) is 30.1. The van der Waals surface area contributed by atoms with Crippen molar-refractivity contribution in [1.82, 2.24) is 0 Å². The highest BCUT2D eigenvalue weighted by Crippen LogP contribution is 2.11. The van der Waals surface area contributed by atoms with E-state index in [1.807, 2.05) is 0 Å². The fourth-order valence-corrected chi connectivity index (χ4v) is 1.94. The topological polar surface area (TPSA) is 101 Å². The van der Waals surface area contributed by atoms with Gasteiger partial charge in [-0.2, -0.15) is 0 Å². The maximum absolute atomic E-state index is 10.3. The number of hydrogen-bond donors (Lipinski definition) is 2. The molecule has 0 unspecified atom stereocenters. The Hall–Kier alpha value is -1.33. The molecule has 0 atom stereocenters. The van der Waals surface area contributed by atoms with Crippen LogP contribution in [-0.4, -0.2) is 21.4 Å². The molecule has 0 aliphatic heterocycles. The van der Waals surface area contributed by atoms with Crippen LogP contribution in [0.15, 0.2) is 0 Å². The highest BCUT2D eigenvalue weighted by molar-refractivity contribution is 5.66. The summed E-state index contributed by atoms with van der Waals surface area (Å²) >= 11 is 0. The second-order valence-electron chi connectivity index (χ2n) is 4.92. The van der Waals surface area contributed by atoms with E-state index >= 15 is 0 Å². The number of carbonyl (C=O) groups is 1. The molecule has 0 rings (SSSR count). The molecule has 0 aromatic heterocycles. The van der Waals surface area contributed by atoms with Crippen LogP contribution in [0.4, 0.5) is 0 Å². The average Bonchev–Trinajstić information content (AvgIpc) is 2.35. The molecule has 0 aromatic rings. The molecule has 6 heteroatoms. The van der Waals surface area contributed by atoms with Gasteiger partial charge in [0.25, 0.3) is 5.09 Å². The summed E-state index contributed by atoms with van der Waals surface area (Å²) < 4.78 is 0. The summed E-state index contributed by atoms with van der Waals surface area (Å²) in [5.74, 6) is -0.657. The van der Waals surface area contributed by atoms with Gasteiger partial charge in [0.2, 0.25) is 0 Å². The molecule has 20 heavy (non-hydrogen) atoms. The SMILES string of the molecule is CCCCCCCCCCCCCC(=O)O.O=[N+]([O-])O. The predicted octanol–water partition coefficient (Wildman–Crippen LogP) is 4.42. The lowest BCUT2D eigenvalue weighted by Gasteiger charge is -2.01. The van der Waals surface area contributed by atoms with Gasteiger partial charge < -0.3 is 10.3 Å². The number of nitrogens with zero attached hydrogens (tertiary/aromatic N) is 1. The molecule has 0 bridgehead atoms. The van der Waals surface area contributed by atoms with Gasteiger partial charge in [0.05, 0.1) is 0 Å². The number of carboxylic acids is 1. The Balaban J connectivity index is 0. The monoisotopic (exact) mass is 291 g/mol. The molecule has 0 spiro atoms. The average molecular weight is 291 g/mol. The first-order chi connectivity index (χ1) is 9.50. The van der Waals surface area contributed by atoms with Crippen LogP contribution in [0, 0.1) is 10.1 Å². The molecular formula is C14H29NO5. The van der Waals surface area contributed by atoms with Gasteiger partial charge in [-0.15, -0.1) is 10.1 Å². The maximum atomic E-state index is 10.3. The number of carboxylic acid groups (broad SMARTS) is 1. The van der Waals surface area contributed by atoms with E-state index in [2.05, 4.69) is 6.92 Å². The van der Waals surface area contributed by atoms with Gasteiger partial charge in [-0.3, -0.25) is 4.79 Å². The first-order valence-electron chi connectivity index (χ1n) is 7.55. The Labute approximate surface area is 121 Å². The summed E-state index contributed by atoms with van der Waals surface area (Å²) in [6.45, 7) is 2.25. The summed E-state index contributed by atoms with van der Waals surface area (Å²) in [5, 5.41) is 22.1. The van der Waals surface area contributed by atoms with E-state index in [1.54, 1.807) is 0 Å². The van der Waals surface area contributed by atoms with Gasteiger partial charge in [-0.1, -0.05) is 71.1 Å². The molecule has 0 saturated heterocycles. The van der Waals surface area contributed by atoms with Crippen LogP contribution < -0.4 is 0 Å². The van der Waals surface area contributed by atoms with E-state index in [4.69, 9.17) is 20.4 Å². The Bertz CT molecular complexity index is 230. The summed E-state index contributed by atoms with van der Waals surface area (Å²) in [5.41, 5.74) is 0. The molecular weight excluding hydrogens is 262 g/mol. The Morgan fingerprint density at radius 1 is 0.900 bits per heavy atom. The van der Waals surface area contributed by atoms with Crippen molar-refractivity contribution in [3.8, 4) is 0 Å². The van der Waals surface area contributed by atoms with E-state index in [-0.39, 0.29) is 0 Å². The fourth-order valence-electron chi connectivity index (χ4n) is 1.94. The Morgan fingerprint density at radius 3 is 1.50 bits per heavy atom. The first-order valence-corrected chi connectivity index (χ1v) is 7.55. The lowest BCUT2D eigenvalue weighted by atomic mass is 10.1. The molecule has 120 valence electrons. The molecule has 0 radical (unpaired) electrons. The van der Waals surface area contributed by atoms with E-state index in [1.165, 1.54) is 57.8 Å². The van der Waals surface area contributed by atoms with Crippen molar-refractivity contribution in [2.45, 2.75) is 84.0 Å². The molecule has 0 saturated carbocycles. The number of rotatable bonds is 12. The van der Waals surface area contributed by atoms with Crippen LogP contribution in [0.2, 0.25) is 0 Å². The normalized spacial score (nSPS) is 9.65. The van der Waals surface area contributed by atoms with Crippen LogP contribution in [0.25, 0.3) is 0 Å². The van der Waals surface area contributed by atoms with Crippen LogP contribution in [0.5, 0.6) is 0 Å². The van der Waals surface area contributed by atoms with Crippen molar-refractivity contribution in [2.24, 2.45) is 0 Å². The number of hydrogen-bond acceptors (Lipinski definition) is 3. The lowest BCUT2D eigenvalue weighted by Crippen LogP contribution is -1.93. The molecule has 0 aromatic carbocycles. The third-order valence-electron chi connectivity index (χ3n) is 2.99. The zero-order chi connectivity index (χ0) is 15.6. The predicted molar refractivity (Wildman–Crippen MR) is 77.5 cm³/mol. The van der Waals surface area contributed by atoms with Gasteiger partial charge in [0.1, 0.15) is 0 Å². The van der Waals surface area contributed by atoms with Crippen LogP contribution >= 0.6 is 0 Å². The molecule has 6 nitrogen and oxygen atoms in total. The van der Waals surface area contributed by atoms with Crippen molar-refractivity contribution in [2.75, 3.05) is 0 Å². The van der Waals surface area contributed by atoms with Crippen LogP contribution in [-0.2, 0) is 4.79 Å². The molecule has 0 heterocycles. The minimum atomic E-state index is -1.50. The van der Waals surface area contributed by atoms with Gasteiger partial charge in [0.15, 0.2) is 0 Å². The highest BCUT2D eigenvalue weighted by atomic mass is 16.9. The zero-order valence-electron chi connectivity index (χ0n) is 12.6. The van der Waals surface area contributed by atoms with Crippen LogP contribution in [0.1, 0.15) is 84.0 Å². The number of unbranched alkanes of at least 4 members (excludes halogenated alkanes) is 10. The molecule has 0 fully saturated rings. The van der Waals surface area contributed by atoms with Crippen molar-refractivity contribution in [3.63, 3.8) is 0 Å². The minimum absolute atomic E-state index is 0.344. The van der Waals surface area contributed by atoms with E-state index in [0.717, 1.165) is 12.8 Å². The van der Waals surface area contributed by atoms with Gasteiger partial charge in [-0.05, 0) is 6.42 Å². The second kappa shape index (κ2) is 17.7. The second-order valence-corrected chi connectivity index (χ2v) is 4.92. The standard InChI is InChI=1S/C14H28O2.HNO3/c1-2-3-4-5-6-7-8-9-10-11-12-13-14(15)16;2-1(3)4/h2-13H2,1H3,(H,15,16);(H,2,3,4). The van der Waals surface area contributed by atoms with Crippen molar-refractivity contribution in [3.05, 3.63) is 10.1 Å². The first kappa shape index (κ1) is 21.0. The maximum Gasteiger partial charge on any atom is 0.303 e. The Morgan fingerprint density at radius 2 is 1.20 bits per heavy atom. The van der Waals surface area contributed by atoms with Gasteiger partial charge in [-0.25, -0.2) is 0 Å². The third-order valence-corrected chi connectivity index (χ3v) is 2.99. The van der Waals surface area contributed by atoms with E-state index < -0.39 is 11.1 Å². The Kier molecular flexibility index (Phi) is 18.5. The fraction of sp³-hybridized carbons (Fsp3) is 0.929. The summed E-state index contributed by atoms with van der Waals surface area (Å²) in [4.78, 5) is 18.6. The molecule has 0 aliphatic carbocycles. The highest BCUT2D eigenvalue weighted by Gasteiger charge is 1.96. The minimum Gasteiger partial charge on any atom is -0.481 e. The lowest BCUT2D eigenvalue weighted by molar-refractivity contribution is -0.742. The van der Waals surface area contributed by atoms with E-state index in [0.29, 0.717) is 6.42 Å². The molecule has 2 N–H and O–H groups in total. The molecule has 0 amide bonds.